The summed E-state index contributed by atoms with van der Waals surface area (Å²) in [7, 11) is 0. The Kier molecular flexibility index (Phi) is 5.23. The van der Waals surface area contributed by atoms with Gasteiger partial charge in [0, 0.05) is 19.0 Å². The van der Waals surface area contributed by atoms with E-state index in [-0.39, 0.29) is 0 Å². The molecule has 1 atom stereocenters. The van der Waals surface area contributed by atoms with Crippen molar-refractivity contribution in [3.8, 4) is 11.5 Å². The number of benzene rings is 2. The van der Waals surface area contributed by atoms with Crippen molar-refractivity contribution >= 4 is 15.9 Å². The van der Waals surface area contributed by atoms with Crippen LogP contribution in [0.5, 0.6) is 11.5 Å². The molecule has 1 heterocycles. The highest BCUT2D eigenvalue weighted by Crippen LogP contribution is 2.38. The number of ether oxygens (including phenoxy) is 2. The van der Waals surface area contributed by atoms with E-state index in [1.54, 1.807) is 0 Å². The average Bonchev–Trinajstić information content (AvgIpc) is 2.79. The van der Waals surface area contributed by atoms with Crippen LogP contribution in [-0.4, -0.2) is 13.2 Å². The van der Waals surface area contributed by atoms with Gasteiger partial charge in [0.15, 0.2) is 11.5 Å². The molecule has 122 valence electrons. The summed E-state index contributed by atoms with van der Waals surface area (Å²) in [6, 6.07) is 13.1. The van der Waals surface area contributed by atoms with Gasteiger partial charge < -0.3 is 14.8 Å². The fourth-order valence-corrected chi connectivity index (χ4v) is 3.23. The zero-order valence-corrected chi connectivity index (χ0v) is 15.2. The lowest BCUT2D eigenvalue weighted by molar-refractivity contribution is 0.296. The van der Waals surface area contributed by atoms with E-state index in [0.29, 0.717) is 19.3 Å². The molecule has 4 heteroatoms. The maximum Gasteiger partial charge on any atom is 0.175 e. The highest BCUT2D eigenvalue weighted by molar-refractivity contribution is 9.10. The van der Waals surface area contributed by atoms with Crippen molar-refractivity contribution in [2.45, 2.75) is 32.9 Å². The summed E-state index contributed by atoms with van der Waals surface area (Å²) in [6.07, 6.45) is 0.916. The highest BCUT2D eigenvalue weighted by Gasteiger charge is 2.15. The van der Waals surface area contributed by atoms with Gasteiger partial charge >= 0.3 is 0 Å². The second kappa shape index (κ2) is 7.37. The normalized spacial score (nSPS) is 15.1. The van der Waals surface area contributed by atoms with Gasteiger partial charge in [0.25, 0.3) is 0 Å². The quantitative estimate of drug-likeness (QED) is 0.834. The molecular weight excluding hydrogens is 354 g/mol. The molecule has 2 aromatic rings. The molecule has 3 rings (SSSR count). The van der Waals surface area contributed by atoms with Crippen LogP contribution < -0.4 is 14.8 Å². The fourth-order valence-electron chi connectivity index (χ4n) is 2.63. The van der Waals surface area contributed by atoms with E-state index < -0.39 is 0 Å². The van der Waals surface area contributed by atoms with Crippen LogP contribution in [0.4, 0.5) is 0 Å². The van der Waals surface area contributed by atoms with Crippen LogP contribution >= 0.6 is 15.9 Å². The van der Waals surface area contributed by atoms with Gasteiger partial charge in [-0.1, -0.05) is 29.8 Å². The largest absolute Gasteiger partial charge is 0.490 e. The summed E-state index contributed by atoms with van der Waals surface area (Å²) in [4.78, 5) is 0. The molecule has 0 amide bonds. The molecule has 1 unspecified atom stereocenters. The molecule has 0 saturated heterocycles. The summed E-state index contributed by atoms with van der Waals surface area (Å²) in [5.74, 6) is 1.65. The monoisotopic (exact) mass is 375 g/mol. The van der Waals surface area contributed by atoms with Crippen LogP contribution in [0.25, 0.3) is 0 Å². The van der Waals surface area contributed by atoms with Crippen molar-refractivity contribution in [2.75, 3.05) is 13.2 Å². The van der Waals surface area contributed by atoms with Gasteiger partial charge in [-0.05, 0) is 53.0 Å². The summed E-state index contributed by atoms with van der Waals surface area (Å²) < 4.78 is 12.5. The lowest BCUT2D eigenvalue weighted by Gasteiger charge is -2.16. The zero-order valence-electron chi connectivity index (χ0n) is 13.6. The minimum Gasteiger partial charge on any atom is -0.490 e. The van der Waals surface area contributed by atoms with Crippen LogP contribution in [0.2, 0.25) is 0 Å². The Morgan fingerprint density at radius 3 is 2.65 bits per heavy atom. The minimum absolute atomic E-state index is 0.297. The summed E-state index contributed by atoms with van der Waals surface area (Å²) in [6.45, 7) is 6.48. The van der Waals surface area contributed by atoms with Crippen LogP contribution in [0.3, 0.4) is 0 Å². The molecule has 2 aromatic carbocycles. The SMILES string of the molecule is Cc1ccc(C(C)NCc2cc(Br)c3c(c2)OCCCO3)cc1. The third-order valence-electron chi connectivity index (χ3n) is 4.05. The number of halogens is 1. The van der Waals surface area contributed by atoms with Crippen LogP contribution in [-0.2, 0) is 6.54 Å². The number of rotatable bonds is 4. The third kappa shape index (κ3) is 4.06. The van der Waals surface area contributed by atoms with Gasteiger partial charge in [-0.3, -0.25) is 0 Å². The van der Waals surface area contributed by atoms with Crippen molar-refractivity contribution in [1.29, 1.82) is 0 Å². The second-order valence-corrected chi connectivity index (χ2v) is 6.82. The molecule has 1 aliphatic heterocycles. The van der Waals surface area contributed by atoms with E-state index in [4.69, 9.17) is 9.47 Å². The van der Waals surface area contributed by atoms with Crippen LogP contribution in [0.15, 0.2) is 40.9 Å². The molecule has 1 N–H and O–H groups in total. The molecule has 0 fully saturated rings. The van der Waals surface area contributed by atoms with Gasteiger partial charge in [0.1, 0.15) is 0 Å². The van der Waals surface area contributed by atoms with E-state index in [1.807, 2.05) is 0 Å². The van der Waals surface area contributed by atoms with Gasteiger partial charge in [0.05, 0.1) is 17.7 Å². The third-order valence-corrected chi connectivity index (χ3v) is 4.64. The number of aryl methyl sites for hydroxylation is 1. The standard InChI is InChI=1S/C19H22BrNO2/c1-13-4-6-16(7-5-13)14(2)21-12-15-10-17(20)19-18(11-15)22-8-3-9-23-19/h4-7,10-11,14,21H,3,8-9,12H2,1-2H3. The zero-order chi connectivity index (χ0) is 16.2. The lowest BCUT2D eigenvalue weighted by atomic mass is 10.1. The summed E-state index contributed by atoms with van der Waals surface area (Å²) in [5, 5.41) is 3.57. The Morgan fingerprint density at radius 1 is 1.13 bits per heavy atom. The van der Waals surface area contributed by atoms with Crippen molar-refractivity contribution in [2.24, 2.45) is 0 Å². The molecule has 0 saturated carbocycles. The van der Waals surface area contributed by atoms with Crippen LogP contribution in [0.1, 0.15) is 36.1 Å². The van der Waals surface area contributed by atoms with E-state index in [9.17, 15) is 0 Å². The number of nitrogens with one attached hydrogen (secondary N) is 1. The Hall–Kier alpha value is -1.52. The minimum atomic E-state index is 0.297. The van der Waals surface area contributed by atoms with Gasteiger partial charge in [0.2, 0.25) is 0 Å². The second-order valence-electron chi connectivity index (χ2n) is 5.97. The molecule has 23 heavy (non-hydrogen) atoms. The molecule has 0 spiro atoms. The predicted molar refractivity (Wildman–Crippen MR) is 96.2 cm³/mol. The smallest absolute Gasteiger partial charge is 0.175 e. The predicted octanol–water partition coefficient (Wildman–Crippen LogP) is 4.77. The first-order valence-electron chi connectivity index (χ1n) is 8.01. The Labute approximate surface area is 146 Å². The van der Waals surface area contributed by atoms with E-state index in [0.717, 1.165) is 28.9 Å². The fraction of sp³-hybridized carbons (Fsp3) is 0.368. The van der Waals surface area contributed by atoms with Gasteiger partial charge in [-0.25, -0.2) is 0 Å². The van der Waals surface area contributed by atoms with E-state index >= 15 is 0 Å². The maximum atomic E-state index is 5.79. The average molecular weight is 376 g/mol. The molecule has 1 aliphatic rings. The summed E-state index contributed by atoms with van der Waals surface area (Å²) in [5.41, 5.74) is 3.76. The van der Waals surface area contributed by atoms with Crippen molar-refractivity contribution < 1.29 is 9.47 Å². The molecule has 0 aliphatic carbocycles. The number of hydrogen-bond acceptors (Lipinski definition) is 3. The molecule has 3 nitrogen and oxygen atoms in total. The topological polar surface area (TPSA) is 30.5 Å². The van der Waals surface area contributed by atoms with Crippen LogP contribution in [0, 0.1) is 6.92 Å². The van der Waals surface area contributed by atoms with Crippen molar-refractivity contribution in [3.05, 3.63) is 57.6 Å². The van der Waals surface area contributed by atoms with Crippen molar-refractivity contribution in [1.82, 2.24) is 5.32 Å². The highest BCUT2D eigenvalue weighted by atomic mass is 79.9. The Morgan fingerprint density at radius 2 is 1.87 bits per heavy atom. The summed E-state index contributed by atoms with van der Waals surface area (Å²) >= 11 is 3.59. The Bertz CT molecular complexity index is 670. The van der Waals surface area contributed by atoms with Gasteiger partial charge in [-0.15, -0.1) is 0 Å². The van der Waals surface area contributed by atoms with E-state index in [2.05, 4.69) is 71.5 Å². The number of hydrogen-bond donors (Lipinski definition) is 1. The van der Waals surface area contributed by atoms with Gasteiger partial charge in [-0.2, -0.15) is 0 Å². The maximum absolute atomic E-state index is 5.79. The first-order chi connectivity index (χ1) is 11.1. The molecule has 0 bridgehead atoms. The first kappa shape index (κ1) is 16.3. The molecular formula is C19H22BrNO2. The van der Waals surface area contributed by atoms with E-state index in [1.165, 1.54) is 16.7 Å². The first-order valence-corrected chi connectivity index (χ1v) is 8.81. The number of fused-ring (bicyclic) bond motifs is 1. The molecule has 0 aromatic heterocycles. The Balaban J connectivity index is 1.69. The van der Waals surface area contributed by atoms with Crippen molar-refractivity contribution in [3.63, 3.8) is 0 Å². The lowest BCUT2D eigenvalue weighted by Crippen LogP contribution is -2.18. The molecule has 0 radical (unpaired) electrons.